The largest absolute Gasteiger partial charge is 0.374 e. The van der Waals surface area contributed by atoms with Gasteiger partial charge in [-0.05, 0) is 22.3 Å². The van der Waals surface area contributed by atoms with Crippen molar-refractivity contribution in [2.24, 2.45) is 0 Å². The molecule has 4 aromatic carbocycles. The molecule has 1 aliphatic heterocycles. The van der Waals surface area contributed by atoms with Gasteiger partial charge in [-0.2, -0.15) is 0 Å². The molecular weight excluding hydrogens is 578 g/mol. The molecule has 0 aromatic heterocycles. The monoisotopic (exact) mass is 615 g/mol. The van der Waals surface area contributed by atoms with E-state index in [-0.39, 0.29) is 25.0 Å². The summed E-state index contributed by atoms with van der Waals surface area (Å²) in [6.45, 7) is 1.54. The number of rotatable bonds is 15. The van der Waals surface area contributed by atoms with Gasteiger partial charge in [0.05, 0.1) is 33.0 Å². The van der Waals surface area contributed by atoms with Crippen LogP contribution in [0, 0.1) is 0 Å². The molecule has 5 atom stereocenters. The number of hydrogen-bond donors (Lipinski definition) is 1. The second-order valence-electron chi connectivity index (χ2n) is 10.6. The van der Waals surface area contributed by atoms with E-state index in [0.717, 1.165) is 22.3 Å². The number of nitrogens with one attached hydrogen (secondary N) is 1. The lowest BCUT2D eigenvalue weighted by Gasteiger charge is -2.46. The number of halogens is 1. The molecule has 5 rings (SSSR count). The van der Waals surface area contributed by atoms with Crippen molar-refractivity contribution < 1.29 is 28.5 Å². The Bertz CT molecular complexity index is 1380. The van der Waals surface area contributed by atoms with Crippen LogP contribution in [-0.4, -0.2) is 49.0 Å². The number of benzene rings is 4. The number of amides is 1. The smallest absolute Gasteiger partial charge is 0.236 e. The average Bonchev–Trinajstić information content (AvgIpc) is 3.08. The molecule has 1 fully saturated rings. The summed E-state index contributed by atoms with van der Waals surface area (Å²) in [4.78, 5) is 12.6. The van der Waals surface area contributed by atoms with Crippen molar-refractivity contribution in [1.82, 2.24) is 5.32 Å². The Morgan fingerprint density at radius 1 is 0.591 bits per heavy atom. The first-order chi connectivity index (χ1) is 21.7. The van der Waals surface area contributed by atoms with Crippen LogP contribution in [0.15, 0.2) is 121 Å². The second kappa shape index (κ2) is 17.1. The van der Waals surface area contributed by atoms with Gasteiger partial charge in [-0.3, -0.25) is 4.79 Å². The summed E-state index contributed by atoms with van der Waals surface area (Å²) in [5.41, 5.74) is 4.03. The molecule has 230 valence electrons. The van der Waals surface area contributed by atoms with Gasteiger partial charge in [-0.25, -0.2) is 0 Å². The van der Waals surface area contributed by atoms with E-state index in [4.69, 9.17) is 35.3 Å². The lowest BCUT2D eigenvalue weighted by atomic mass is 9.96. The summed E-state index contributed by atoms with van der Waals surface area (Å²) in [6.07, 6.45) is -3.35. The Kier molecular flexibility index (Phi) is 12.4. The minimum absolute atomic E-state index is 0.207. The van der Waals surface area contributed by atoms with Crippen LogP contribution in [0.1, 0.15) is 22.3 Å². The first kappa shape index (κ1) is 31.9. The van der Waals surface area contributed by atoms with Crippen LogP contribution in [0.3, 0.4) is 0 Å². The van der Waals surface area contributed by atoms with Gasteiger partial charge in [0.15, 0.2) is 6.23 Å². The minimum Gasteiger partial charge on any atom is -0.374 e. The van der Waals surface area contributed by atoms with E-state index in [1.807, 2.05) is 121 Å². The molecule has 0 radical (unpaired) electrons. The number of carbonyl (C=O) groups is 1. The molecule has 7 nitrogen and oxygen atoms in total. The minimum atomic E-state index is -0.854. The number of ether oxygens (including phenoxy) is 5. The van der Waals surface area contributed by atoms with E-state index in [0.29, 0.717) is 19.8 Å². The Morgan fingerprint density at radius 2 is 1.00 bits per heavy atom. The molecule has 0 saturated carbocycles. The van der Waals surface area contributed by atoms with Crippen LogP contribution in [-0.2, 0) is 54.9 Å². The molecule has 1 saturated heterocycles. The van der Waals surface area contributed by atoms with Crippen molar-refractivity contribution in [2.45, 2.75) is 57.1 Å². The van der Waals surface area contributed by atoms with Crippen LogP contribution in [0.4, 0.5) is 0 Å². The quantitative estimate of drug-likeness (QED) is 0.164. The van der Waals surface area contributed by atoms with Gasteiger partial charge in [0.2, 0.25) is 5.91 Å². The van der Waals surface area contributed by atoms with Gasteiger partial charge in [-0.15, -0.1) is 11.6 Å². The molecule has 0 bridgehead atoms. The molecule has 0 aliphatic carbocycles. The summed E-state index contributed by atoms with van der Waals surface area (Å²) >= 11 is 5.91. The maximum absolute atomic E-state index is 12.6. The summed E-state index contributed by atoms with van der Waals surface area (Å²) < 4.78 is 32.4. The maximum atomic E-state index is 12.6. The normalized spacial score (nSPS) is 21.5. The molecule has 1 aliphatic rings. The van der Waals surface area contributed by atoms with Gasteiger partial charge < -0.3 is 29.0 Å². The van der Waals surface area contributed by atoms with Crippen molar-refractivity contribution in [3.63, 3.8) is 0 Å². The third-order valence-corrected chi connectivity index (χ3v) is 7.55. The topological polar surface area (TPSA) is 75.3 Å². The molecule has 1 N–H and O–H groups in total. The third kappa shape index (κ3) is 9.47. The summed E-state index contributed by atoms with van der Waals surface area (Å²) in [5.74, 6) is -0.594. The Balaban J connectivity index is 1.43. The molecule has 1 amide bonds. The van der Waals surface area contributed by atoms with E-state index in [2.05, 4.69) is 5.32 Å². The number of alkyl halides is 1. The van der Waals surface area contributed by atoms with E-state index < -0.39 is 30.6 Å². The van der Waals surface area contributed by atoms with Crippen LogP contribution >= 0.6 is 11.6 Å². The predicted octanol–water partition coefficient (Wildman–Crippen LogP) is 6.04. The van der Waals surface area contributed by atoms with Gasteiger partial charge >= 0.3 is 0 Å². The molecule has 4 aromatic rings. The number of hydrogen-bond acceptors (Lipinski definition) is 6. The molecule has 8 heteroatoms. The third-order valence-electron chi connectivity index (χ3n) is 7.31. The van der Waals surface area contributed by atoms with E-state index in [1.54, 1.807) is 0 Å². The Hall–Kier alpha value is -3.56. The zero-order valence-corrected chi connectivity index (χ0v) is 25.3. The molecular formula is C36H38ClNO6. The summed E-state index contributed by atoms with van der Waals surface area (Å²) in [5, 5.41) is 2.91. The molecule has 44 heavy (non-hydrogen) atoms. The van der Waals surface area contributed by atoms with Crippen LogP contribution in [0.2, 0.25) is 0 Å². The van der Waals surface area contributed by atoms with Crippen LogP contribution < -0.4 is 5.32 Å². The Morgan fingerprint density at radius 3 is 1.45 bits per heavy atom. The Labute approximate surface area is 264 Å². The zero-order chi connectivity index (χ0) is 30.4. The predicted molar refractivity (Wildman–Crippen MR) is 169 cm³/mol. The fourth-order valence-electron chi connectivity index (χ4n) is 5.10. The van der Waals surface area contributed by atoms with Crippen LogP contribution in [0.5, 0.6) is 0 Å². The summed E-state index contributed by atoms with van der Waals surface area (Å²) in [7, 11) is 0. The first-order valence-corrected chi connectivity index (χ1v) is 15.3. The van der Waals surface area contributed by atoms with Crippen molar-refractivity contribution >= 4 is 17.5 Å². The molecule has 0 unspecified atom stereocenters. The van der Waals surface area contributed by atoms with Crippen molar-refractivity contribution in [2.75, 3.05) is 12.5 Å². The maximum Gasteiger partial charge on any atom is 0.236 e. The van der Waals surface area contributed by atoms with Crippen molar-refractivity contribution in [1.29, 1.82) is 0 Å². The van der Waals surface area contributed by atoms with E-state index >= 15 is 0 Å². The fourth-order valence-corrected chi connectivity index (χ4v) is 5.18. The fraction of sp³-hybridized carbons (Fsp3) is 0.306. The molecule has 0 spiro atoms. The van der Waals surface area contributed by atoms with Crippen molar-refractivity contribution in [3.8, 4) is 0 Å². The standard InChI is InChI=1S/C36H38ClNO6/c37-21-32(39)38-36-35(43-25-30-19-11-4-12-20-30)34(42-24-29-17-9-3-10-18-29)33(41-23-28-15-7-2-8-16-28)31(44-36)26-40-22-27-13-5-1-6-14-27/h1-20,31,33-36H,21-26H2,(H,38,39)/t31-,33-,34+,35-,36-/m1/s1. The highest BCUT2D eigenvalue weighted by atomic mass is 35.5. The SMILES string of the molecule is O=C(CCl)N[C@@H]1O[C@H](COCc2ccccc2)[C@@H](OCc2ccccc2)[C@H](OCc2ccccc2)[C@H]1OCc1ccccc1. The lowest BCUT2D eigenvalue weighted by Crippen LogP contribution is -2.65. The van der Waals surface area contributed by atoms with Gasteiger partial charge in [0.1, 0.15) is 30.3 Å². The number of carbonyl (C=O) groups excluding carboxylic acids is 1. The van der Waals surface area contributed by atoms with E-state index in [9.17, 15) is 4.79 Å². The highest BCUT2D eigenvalue weighted by molar-refractivity contribution is 6.27. The van der Waals surface area contributed by atoms with Gasteiger partial charge in [0, 0.05) is 0 Å². The van der Waals surface area contributed by atoms with Crippen molar-refractivity contribution in [3.05, 3.63) is 144 Å². The van der Waals surface area contributed by atoms with Gasteiger partial charge in [0.25, 0.3) is 0 Å². The van der Waals surface area contributed by atoms with Crippen LogP contribution in [0.25, 0.3) is 0 Å². The average molecular weight is 616 g/mol. The second-order valence-corrected chi connectivity index (χ2v) is 10.8. The van der Waals surface area contributed by atoms with E-state index in [1.165, 1.54) is 0 Å². The van der Waals surface area contributed by atoms with Gasteiger partial charge in [-0.1, -0.05) is 121 Å². The lowest BCUT2D eigenvalue weighted by molar-refractivity contribution is -0.277. The summed E-state index contributed by atoms with van der Waals surface area (Å²) in [6, 6.07) is 39.6. The first-order valence-electron chi connectivity index (χ1n) is 14.8. The highest BCUT2D eigenvalue weighted by Crippen LogP contribution is 2.30. The molecule has 1 heterocycles. The zero-order valence-electron chi connectivity index (χ0n) is 24.5. The highest BCUT2D eigenvalue weighted by Gasteiger charge is 2.49.